The summed E-state index contributed by atoms with van der Waals surface area (Å²) in [6.07, 6.45) is 8.39. The summed E-state index contributed by atoms with van der Waals surface area (Å²) in [5.74, 6) is 1.67. The Morgan fingerprint density at radius 2 is 1.55 bits per heavy atom. The molecule has 4 nitrogen and oxygen atoms in total. The van der Waals surface area contributed by atoms with Crippen molar-refractivity contribution in [1.82, 2.24) is 0 Å². The molecule has 0 unspecified atom stereocenters. The number of aryl methyl sites for hydroxylation is 2. The van der Waals surface area contributed by atoms with Gasteiger partial charge < -0.3 is 14.3 Å². The molecular formula is C23H35ClFNO3. The highest BCUT2D eigenvalue weighted by Crippen LogP contribution is 2.31. The number of benzene rings is 1. The van der Waals surface area contributed by atoms with Crippen LogP contribution in [0.25, 0.3) is 0 Å². The molecule has 0 radical (unpaired) electrons. The largest absolute Gasteiger partial charge is 0.493 e. The van der Waals surface area contributed by atoms with Crippen molar-refractivity contribution in [2.24, 2.45) is 5.16 Å². The molecular weight excluding hydrogens is 393 g/mol. The maximum atomic E-state index is 12.6. The standard InChI is InChI=1S/C23H35ClFNO3/c1-5-19-16-21(27-15-12-22(24)25)17-20(6-2)23(19)28-13-10-8-7-9-11-14-29-26-18(3)4/h12,16-17H,5-11,13-15H2,1-4H3/b22-12-. The average molecular weight is 428 g/mol. The molecule has 0 spiro atoms. The second kappa shape index (κ2) is 15.1. The van der Waals surface area contributed by atoms with Gasteiger partial charge in [-0.15, -0.1) is 0 Å². The summed E-state index contributed by atoms with van der Waals surface area (Å²) in [4.78, 5) is 5.20. The van der Waals surface area contributed by atoms with Crippen LogP contribution in [0.4, 0.5) is 4.39 Å². The third kappa shape index (κ3) is 11.1. The highest BCUT2D eigenvalue weighted by Gasteiger charge is 2.11. The fourth-order valence-corrected chi connectivity index (χ4v) is 2.93. The molecule has 0 aliphatic heterocycles. The Morgan fingerprint density at radius 3 is 2.10 bits per heavy atom. The Bertz CT molecular complexity index is 629. The fourth-order valence-electron chi connectivity index (χ4n) is 2.87. The molecule has 0 aliphatic carbocycles. The van der Waals surface area contributed by atoms with Crippen molar-refractivity contribution in [3.05, 3.63) is 34.6 Å². The molecule has 0 saturated carbocycles. The van der Waals surface area contributed by atoms with E-state index in [1.54, 1.807) is 0 Å². The van der Waals surface area contributed by atoms with Crippen molar-refractivity contribution in [2.45, 2.75) is 72.6 Å². The fraction of sp³-hybridized carbons (Fsp3) is 0.609. The van der Waals surface area contributed by atoms with E-state index >= 15 is 0 Å². The molecule has 0 fully saturated rings. The minimum atomic E-state index is -0.756. The van der Waals surface area contributed by atoms with E-state index in [1.165, 1.54) is 12.5 Å². The van der Waals surface area contributed by atoms with Crippen molar-refractivity contribution < 1.29 is 18.7 Å². The zero-order valence-corrected chi connectivity index (χ0v) is 19.0. The van der Waals surface area contributed by atoms with E-state index in [0.29, 0.717) is 19.0 Å². The summed E-state index contributed by atoms with van der Waals surface area (Å²) in [5, 5.41) is 3.17. The van der Waals surface area contributed by atoms with E-state index in [9.17, 15) is 4.39 Å². The second-order valence-corrected chi connectivity index (χ2v) is 7.43. The molecule has 29 heavy (non-hydrogen) atoms. The predicted octanol–water partition coefficient (Wildman–Crippen LogP) is 6.98. The molecule has 1 rings (SSSR count). The molecule has 0 atom stereocenters. The van der Waals surface area contributed by atoms with E-state index < -0.39 is 5.29 Å². The Balaban J connectivity index is 2.42. The van der Waals surface area contributed by atoms with Gasteiger partial charge in [0.1, 0.15) is 24.7 Å². The lowest BCUT2D eigenvalue weighted by Gasteiger charge is -2.17. The Kier molecular flexibility index (Phi) is 13.2. The molecule has 1 aromatic carbocycles. The Hall–Kier alpha value is -1.75. The summed E-state index contributed by atoms with van der Waals surface area (Å²) >= 11 is 5.21. The highest BCUT2D eigenvalue weighted by atomic mass is 35.5. The molecule has 1 aromatic rings. The summed E-state index contributed by atoms with van der Waals surface area (Å²) in [5.41, 5.74) is 3.16. The van der Waals surface area contributed by atoms with Crippen LogP contribution < -0.4 is 9.47 Å². The maximum absolute atomic E-state index is 12.6. The zero-order chi connectivity index (χ0) is 21.5. The number of oxime groups is 1. The van der Waals surface area contributed by atoms with Crippen LogP contribution in [-0.2, 0) is 17.7 Å². The summed E-state index contributed by atoms with van der Waals surface area (Å²) in [7, 11) is 0. The van der Waals surface area contributed by atoms with Crippen molar-refractivity contribution in [2.75, 3.05) is 19.8 Å². The van der Waals surface area contributed by atoms with E-state index in [1.807, 2.05) is 26.0 Å². The minimum absolute atomic E-state index is 0.108. The lowest BCUT2D eigenvalue weighted by atomic mass is 10.0. The Morgan fingerprint density at radius 1 is 0.966 bits per heavy atom. The van der Waals surface area contributed by atoms with Gasteiger partial charge in [-0.3, -0.25) is 0 Å². The van der Waals surface area contributed by atoms with Crippen molar-refractivity contribution >= 4 is 17.3 Å². The molecule has 0 saturated heterocycles. The third-order valence-electron chi connectivity index (χ3n) is 4.34. The second-order valence-electron chi connectivity index (χ2n) is 7.07. The number of unbranched alkanes of at least 4 members (excludes halogenated alkanes) is 4. The van der Waals surface area contributed by atoms with Crippen LogP contribution in [0.15, 0.2) is 28.7 Å². The molecule has 164 valence electrons. The number of ether oxygens (including phenoxy) is 2. The van der Waals surface area contributed by atoms with Crippen LogP contribution in [0.1, 0.15) is 70.9 Å². The lowest BCUT2D eigenvalue weighted by molar-refractivity contribution is 0.139. The zero-order valence-electron chi connectivity index (χ0n) is 18.2. The highest BCUT2D eigenvalue weighted by molar-refractivity contribution is 6.28. The molecule has 6 heteroatoms. The van der Waals surface area contributed by atoms with Crippen LogP contribution >= 0.6 is 11.6 Å². The van der Waals surface area contributed by atoms with Crippen molar-refractivity contribution in [3.8, 4) is 11.5 Å². The molecule has 0 aliphatic rings. The normalized spacial score (nSPS) is 11.3. The van der Waals surface area contributed by atoms with Crippen LogP contribution in [0, 0.1) is 0 Å². The third-order valence-corrected chi connectivity index (χ3v) is 4.49. The van der Waals surface area contributed by atoms with E-state index in [2.05, 4.69) is 19.0 Å². The van der Waals surface area contributed by atoms with Crippen molar-refractivity contribution in [1.29, 1.82) is 0 Å². The first-order valence-corrected chi connectivity index (χ1v) is 10.9. The minimum Gasteiger partial charge on any atom is -0.493 e. The van der Waals surface area contributed by atoms with Crippen molar-refractivity contribution in [3.63, 3.8) is 0 Å². The van der Waals surface area contributed by atoms with Gasteiger partial charge in [-0.2, -0.15) is 4.39 Å². The Labute approximate surface area is 180 Å². The van der Waals surface area contributed by atoms with Gasteiger partial charge in [-0.05, 0) is 69.2 Å². The predicted molar refractivity (Wildman–Crippen MR) is 119 cm³/mol. The quantitative estimate of drug-likeness (QED) is 0.172. The number of hydrogen-bond acceptors (Lipinski definition) is 4. The van der Waals surface area contributed by atoms with Crippen LogP contribution in [0.3, 0.4) is 0 Å². The van der Waals surface area contributed by atoms with Gasteiger partial charge in [0.05, 0.1) is 12.3 Å². The average Bonchev–Trinajstić information content (AvgIpc) is 2.68. The number of halogens is 2. The van der Waals surface area contributed by atoms with Crippen LogP contribution in [0.5, 0.6) is 11.5 Å². The van der Waals surface area contributed by atoms with E-state index in [4.69, 9.17) is 25.9 Å². The van der Waals surface area contributed by atoms with Gasteiger partial charge in [0, 0.05) is 6.08 Å². The van der Waals surface area contributed by atoms with E-state index in [-0.39, 0.29) is 6.61 Å². The first kappa shape index (κ1) is 25.3. The first-order valence-electron chi connectivity index (χ1n) is 10.5. The van der Waals surface area contributed by atoms with Gasteiger partial charge in [0.15, 0.2) is 5.29 Å². The number of rotatable bonds is 15. The van der Waals surface area contributed by atoms with Crippen LogP contribution in [-0.4, -0.2) is 25.5 Å². The molecule has 0 amide bonds. The van der Waals surface area contributed by atoms with Gasteiger partial charge in [-0.25, -0.2) is 0 Å². The monoisotopic (exact) mass is 427 g/mol. The molecule has 0 bridgehead atoms. The number of nitrogens with zero attached hydrogens (tertiary/aromatic N) is 1. The van der Waals surface area contributed by atoms with Crippen LogP contribution in [0.2, 0.25) is 0 Å². The van der Waals surface area contributed by atoms with Gasteiger partial charge in [0.25, 0.3) is 0 Å². The summed E-state index contributed by atoms with van der Waals surface area (Å²) in [6.45, 7) is 9.53. The number of hydrogen-bond donors (Lipinski definition) is 0. The smallest absolute Gasteiger partial charge is 0.188 e. The summed E-state index contributed by atoms with van der Waals surface area (Å²) in [6, 6.07) is 3.93. The SMILES string of the molecule is CCc1cc(OC/C=C(\F)Cl)cc(CC)c1OCCCCCCCON=C(C)C. The molecule has 0 aromatic heterocycles. The van der Waals surface area contributed by atoms with Gasteiger partial charge in [-0.1, -0.05) is 43.4 Å². The molecule has 0 heterocycles. The maximum Gasteiger partial charge on any atom is 0.188 e. The van der Waals surface area contributed by atoms with E-state index in [0.717, 1.165) is 61.1 Å². The topological polar surface area (TPSA) is 40.0 Å². The van der Waals surface area contributed by atoms with Gasteiger partial charge >= 0.3 is 0 Å². The lowest BCUT2D eigenvalue weighted by Crippen LogP contribution is -2.05. The van der Waals surface area contributed by atoms with Gasteiger partial charge in [0.2, 0.25) is 0 Å². The molecule has 0 N–H and O–H groups in total. The first-order chi connectivity index (χ1) is 14.0. The summed E-state index contributed by atoms with van der Waals surface area (Å²) < 4.78 is 24.3.